The number of fused-ring (bicyclic) bond motifs is 1. The minimum atomic E-state index is -0.0302. The maximum absolute atomic E-state index is 12.5. The quantitative estimate of drug-likeness (QED) is 0.901. The molecule has 0 aliphatic carbocycles. The number of aromatic nitrogens is 1. The molecule has 0 spiro atoms. The Balaban J connectivity index is 1.33. The Bertz CT molecular complexity index is 677. The number of ether oxygens (including phenoxy) is 1. The van der Waals surface area contributed by atoms with Crippen molar-refractivity contribution >= 4 is 17.2 Å². The second-order valence-electron chi connectivity index (χ2n) is 6.49. The minimum Gasteiger partial charge on any atom is -0.376 e. The van der Waals surface area contributed by atoms with Crippen molar-refractivity contribution in [3.05, 3.63) is 52.5 Å². The van der Waals surface area contributed by atoms with Crippen molar-refractivity contribution in [2.75, 3.05) is 19.7 Å². The van der Waals surface area contributed by atoms with Crippen LogP contribution in [0.3, 0.4) is 0 Å². The van der Waals surface area contributed by atoms with Crippen LogP contribution in [0.2, 0.25) is 0 Å². The van der Waals surface area contributed by atoms with Gasteiger partial charge in [0.15, 0.2) is 0 Å². The van der Waals surface area contributed by atoms with Crippen molar-refractivity contribution in [2.45, 2.75) is 19.2 Å². The number of carbonyl (C=O) groups excluding carboxylic acids is 1. The van der Waals surface area contributed by atoms with Crippen molar-refractivity contribution < 1.29 is 9.53 Å². The Morgan fingerprint density at radius 1 is 1.33 bits per heavy atom. The van der Waals surface area contributed by atoms with Crippen molar-refractivity contribution in [1.29, 1.82) is 0 Å². The van der Waals surface area contributed by atoms with Gasteiger partial charge in [-0.15, -0.1) is 11.3 Å². The fourth-order valence-electron chi connectivity index (χ4n) is 3.66. The number of rotatable bonds is 5. The lowest BCUT2D eigenvalue weighted by molar-refractivity contribution is -0.126. The summed E-state index contributed by atoms with van der Waals surface area (Å²) in [6.07, 6.45) is 3.83. The van der Waals surface area contributed by atoms with Gasteiger partial charge >= 0.3 is 0 Å². The predicted octanol–water partition coefficient (Wildman–Crippen LogP) is 1.91. The van der Waals surface area contributed by atoms with Gasteiger partial charge < -0.3 is 10.1 Å². The van der Waals surface area contributed by atoms with E-state index >= 15 is 0 Å². The van der Waals surface area contributed by atoms with Gasteiger partial charge in [0.05, 0.1) is 25.2 Å². The summed E-state index contributed by atoms with van der Waals surface area (Å²) < 4.78 is 5.90. The van der Waals surface area contributed by atoms with E-state index in [9.17, 15) is 4.79 Å². The lowest BCUT2D eigenvalue weighted by atomic mass is 9.92. The molecule has 1 amide bonds. The van der Waals surface area contributed by atoms with Gasteiger partial charge in [-0.2, -0.15) is 0 Å². The van der Waals surface area contributed by atoms with Gasteiger partial charge in [-0.25, -0.2) is 0 Å². The number of hydrogen-bond acceptors (Lipinski definition) is 5. The Labute approximate surface area is 145 Å². The van der Waals surface area contributed by atoms with Crippen LogP contribution in [0.15, 0.2) is 42.0 Å². The van der Waals surface area contributed by atoms with E-state index in [1.165, 1.54) is 10.4 Å². The number of likely N-dealkylation sites (tertiary alicyclic amines) is 1. The number of pyridine rings is 1. The molecule has 3 atom stereocenters. The third-order valence-electron chi connectivity index (χ3n) is 4.90. The molecule has 2 aliphatic rings. The largest absolute Gasteiger partial charge is 0.376 e. The molecule has 5 nitrogen and oxygen atoms in total. The first-order valence-corrected chi connectivity index (χ1v) is 9.20. The van der Waals surface area contributed by atoms with E-state index in [-0.39, 0.29) is 17.9 Å². The molecule has 2 aliphatic heterocycles. The monoisotopic (exact) mass is 343 g/mol. The molecule has 2 aromatic heterocycles. The smallest absolute Gasteiger partial charge is 0.226 e. The molecular weight excluding hydrogens is 322 g/mol. The van der Waals surface area contributed by atoms with E-state index in [4.69, 9.17) is 4.74 Å². The molecule has 2 saturated heterocycles. The average Bonchev–Trinajstić information content (AvgIpc) is 3.30. The van der Waals surface area contributed by atoms with Gasteiger partial charge in [0, 0.05) is 42.8 Å². The average molecular weight is 343 g/mol. The summed E-state index contributed by atoms with van der Waals surface area (Å²) in [4.78, 5) is 20.2. The lowest BCUT2D eigenvalue weighted by Gasteiger charge is -2.19. The predicted molar refractivity (Wildman–Crippen MR) is 92.4 cm³/mol. The third-order valence-corrected chi connectivity index (χ3v) is 5.78. The van der Waals surface area contributed by atoms with Gasteiger partial charge in [-0.1, -0.05) is 6.07 Å². The van der Waals surface area contributed by atoms with E-state index in [0.29, 0.717) is 19.1 Å². The Morgan fingerprint density at radius 3 is 3.00 bits per heavy atom. The highest BCUT2D eigenvalue weighted by atomic mass is 32.1. The first-order valence-electron chi connectivity index (χ1n) is 8.32. The molecule has 0 unspecified atom stereocenters. The molecule has 24 heavy (non-hydrogen) atoms. The minimum absolute atomic E-state index is 0.0302. The summed E-state index contributed by atoms with van der Waals surface area (Å²) in [5.74, 6) is 0.397. The first kappa shape index (κ1) is 15.7. The second-order valence-corrected chi connectivity index (χ2v) is 7.52. The molecule has 4 rings (SSSR count). The van der Waals surface area contributed by atoms with E-state index in [2.05, 4.69) is 15.2 Å². The van der Waals surface area contributed by atoms with E-state index in [1.54, 1.807) is 11.3 Å². The molecule has 4 heterocycles. The molecule has 0 bridgehead atoms. The Morgan fingerprint density at radius 2 is 2.21 bits per heavy atom. The maximum Gasteiger partial charge on any atom is 0.226 e. The standard InChI is InChI=1S/C18H21N3O2S/c22-18(20-8-14-2-1-7-24-14)16-12-23-17-11-21(10-15(16)17)9-13-3-5-19-6-4-13/h1-7,15-17H,8-12H2,(H,20,22)/t15-,16+,17-/m1/s1. The van der Waals surface area contributed by atoms with E-state index in [1.807, 2.05) is 42.0 Å². The van der Waals surface area contributed by atoms with Crippen LogP contribution in [0.1, 0.15) is 10.4 Å². The van der Waals surface area contributed by atoms with Gasteiger partial charge in [-0.3, -0.25) is 14.7 Å². The number of nitrogens with one attached hydrogen (secondary N) is 1. The topological polar surface area (TPSA) is 54.5 Å². The third kappa shape index (κ3) is 3.36. The van der Waals surface area contributed by atoms with Gasteiger partial charge in [0.1, 0.15) is 0 Å². The number of amides is 1. The number of nitrogens with zero attached hydrogens (tertiary/aromatic N) is 2. The van der Waals surface area contributed by atoms with Gasteiger partial charge in [0.25, 0.3) is 0 Å². The highest BCUT2D eigenvalue weighted by molar-refractivity contribution is 7.09. The molecule has 126 valence electrons. The Kier molecular flexibility index (Phi) is 4.60. The van der Waals surface area contributed by atoms with Crippen LogP contribution in [0.4, 0.5) is 0 Å². The summed E-state index contributed by atoms with van der Waals surface area (Å²) >= 11 is 1.67. The van der Waals surface area contributed by atoms with Crippen LogP contribution < -0.4 is 5.32 Å². The molecule has 0 saturated carbocycles. The zero-order valence-electron chi connectivity index (χ0n) is 13.4. The number of carbonyl (C=O) groups is 1. The molecule has 6 heteroatoms. The van der Waals surface area contributed by atoms with Crippen LogP contribution >= 0.6 is 11.3 Å². The summed E-state index contributed by atoms with van der Waals surface area (Å²) in [5.41, 5.74) is 1.25. The summed E-state index contributed by atoms with van der Waals surface area (Å²) in [5, 5.41) is 5.10. The zero-order valence-corrected chi connectivity index (χ0v) is 14.2. The first-order chi connectivity index (χ1) is 11.8. The molecule has 1 N–H and O–H groups in total. The number of hydrogen-bond donors (Lipinski definition) is 1. The van der Waals surface area contributed by atoms with Crippen molar-refractivity contribution in [3.8, 4) is 0 Å². The van der Waals surface area contributed by atoms with Crippen LogP contribution in [0, 0.1) is 11.8 Å². The zero-order chi connectivity index (χ0) is 16.4. The van der Waals surface area contributed by atoms with E-state index in [0.717, 1.165) is 19.6 Å². The van der Waals surface area contributed by atoms with Crippen LogP contribution in [0.25, 0.3) is 0 Å². The maximum atomic E-state index is 12.5. The van der Waals surface area contributed by atoms with Crippen molar-refractivity contribution in [2.24, 2.45) is 11.8 Å². The van der Waals surface area contributed by atoms with Crippen molar-refractivity contribution in [1.82, 2.24) is 15.2 Å². The van der Waals surface area contributed by atoms with Crippen molar-refractivity contribution in [3.63, 3.8) is 0 Å². The lowest BCUT2D eigenvalue weighted by Crippen LogP contribution is -2.36. The fourth-order valence-corrected chi connectivity index (χ4v) is 4.30. The normalized spacial score (nSPS) is 26.4. The molecule has 0 radical (unpaired) electrons. The van der Waals surface area contributed by atoms with Crippen LogP contribution in [-0.2, 0) is 22.6 Å². The van der Waals surface area contributed by atoms with Gasteiger partial charge in [-0.05, 0) is 29.1 Å². The van der Waals surface area contributed by atoms with E-state index < -0.39 is 0 Å². The summed E-state index contributed by atoms with van der Waals surface area (Å²) in [7, 11) is 0. The second kappa shape index (κ2) is 7.01. The fraction of sp³-hybridized carbons (Fsp3) is 0.444. The highest BCUT2D eigenvalue weighted by Crippen LogP contribution is 2.34. The highest BCUT2D eigenvalue weighted by Gasteiger charge is 2.46. The van der Waals surface area contributed by atoms with Crippen LogP contribution in [-0.4, -0.2) is 41.6 Å². The molecule has 2 aromatic rings. The van der Waals surface area contributed by atoms with Crippen LogP contribution in [0.5, 0.6) is 0 Å². The number of thiophene rings is 1. The molecule has 2 fully saturated rings. The SMILES string of the molecule is O=C(NCc1cccs1)[C@H]1CO[C@@H]2CN(Cc3ccncc3)C[C@H]12. The summed E-state index contributed by atoms with van der Waals surface area (Å²) in [6, 6.07) is 8.14. The molecular formula is C18H21N3O2S. The summed E-state index contributed by atoms with van der Waals surface area (Å²) in [6.45, 7) is 3.88. The van der Waals surface area contributed by atoms with Gasteiger partial charge in [0.2, 0.25) is 5.91 Å². The molecule has 0 aromatic carbocycles. The Hall–Kier alpha value is -1.76.